The van der Waals surface area contributed by atoms with Gasteiger partial charge in [-0.05, 0) is 36.2 Å². The number of aliphatic hydroxyl groups is 1. The van der Waals surface area contributed by atoms with Gasteiger partial charge in [-0.1, -0.05) is 17.6 Å². The van der Waals surface area contributed by atoms with Gasteiger partial charge >= 0.3 is 5.97 Å². The van der Waals surface area contributed by atoms with Crippen LogP contribution in [0.15, 0.2) is 40.6 Å². The Morgan fingerprint density at radius 2 is 2.27 bits per heavy atom. The first-order valence-electron chi connectivity index (χ1n) is 10.0. The molecule has 1 heterocycles. The van der Waals surface area contributed by atoms with Gasteiger partial charge < -0.3 is 10.2 Å². The number of carboxylic acids is 1. The molecule has 0 aromatic heterocycles. The average Bonchev–Trinajstić information content (AvgIpc) is 2.66. The number of hydrogen-bond acceptors (Lipinski definition) is 4. The van der Waals surface area contributed by atoms with Crippen LogP contribution in [0.1, 0.15) is 34.9 Å². The van der Waals surface area contributed by atoms with Crippen LogP contribution in [-0.4, -0.2) is 28.2 Å². The molecule has 0 aliphatic carbocycles. The maximum atomic E-state index is 12.6. The van der Waals surface area contributed by atoms with Crippen LogP contribution in [0.3, 0.4) is 0 Å². The molecule has 1 aliphatic rings. The summed E-state index contributed by atoms with van der Waals surface area (Å²) in [5, 5.41) is 18.4. The van der Waals surface area contributed by atoms with Gasteiger partial charge in [0.15, 0.2) is 0 Å². The predicted octanol–water partition coefficient (Wildman–Crippen LogP) is 3.32. The second kappa shape index (κ2) is 6.58. The molecule has 2 N–H and O–H groups in total. The van der Waals surface area contributed by atoms with E-state index < -0.39 is 83.9 Å². The highest BCUT2D eigenvalue weighted by atomic mass is 35.5. The predicted molar refractivity (Wildman–Crippen MR) is 84.2 cm³/mol. The molecule has 5 nitrogen and oxygen atoms in total. The van der Waals surface area contributed by atoms with Gasteiger partial charge in [0.25, 0.3) is 0 Å². The van der Waals surface area contributed by atoms with E-state index >= 15 is 0 Å². The second-order valence-electron chi connectivity index (χ2n) is 4.05. The van der Waals surface area contributed by atoms with E-state index in [1.54, 1.807) is 0 Å². The highest BCUT2D eigenvalue weighted by Crippen LogP contribution is 2.25. The van der Waals surface area contributed by atoms with Crippen molar-refractivity contribution in [1.82, 2.24) is 0 Å². The van der Waals surface area contributed by atoms with Gasteiger partial charge in [-0.3, -0.25) is 9.59 Å². The fourth-order valence-electron chi connectivity index (χ4n) is 1.54. The summed E-state index contributed by atoms with van der Waals surface area (Å²) in [4.78, 5) is 27.0. The Kier molecular flexibility index (Phi) is 2.48. The summed E-state index contributed by atoms with van der Waals surface area (Å²) in [7, 11) is 0. The van der Waals surface area contributed by atoms with Gasteiger partial charge in [0, 0.05) is 27.3 Å². The lowest BCUT2D eigenvalue weighted by atomic mass is 9.98. The van der Waals surface area contributed by atoms with Crippen molar-refractivity contribution in [1.29, 1.82) is 0 Å². The third-order valence-corrected chi connectivity index (χ3v) is 2.71. The summed E-state index contributed by atoms with van der Waals surface area (Å²) < 4.78 is 62.1. The summed E-state index contributed by atoms with van der Waals surface area (Å²) in [5.74, 6) is -4.25. The SMILES string of the molecule is [2H]Cc1c([2H])c([2H])c(Cl)c([2H])c1C1=C([2H])C(=O)C(=C(O)CC([2H])([2H])C(=O)O)N=C1[2H]. The van der Waals surface area contributed by atoms with E-state index in [9.17, 15) is 14.7 Å². The molecule has 1 aromatic carbocycles. The summed E-state index contributed by atoms with van der Waals surface area (Å²) in [6.45, 7) is -0.617. The Balaban J connectivity index is 2.72. The van der Waals surface area contributed by atoms with E-state index in [1.807, 2.05) is 0 Å². The second-order valence-corrected chi connectivity index (χ2v) is 4.43. The maximum Gasteiger partial charge on any atom is 0.303 e. The molecule has 6 heteroatoms. The van der Waals surface area contributed by atoms with E-state index in [0.717, 1.165) is 0 Å². The van der Waals surface area contributed by atoms with Crippen molar-refractivity contribution in [2.24, 2.45) is 4.99 Å². The first kappa shape index (κ1) is 8.29. The van der Waals surface area contributed by atoms with Gasteiger partial charge in [0.05, 0.1) is 13.2 Å². The number of aliphatic carboxylic acids is 1. The lowest BCUT2D eigenvalue weighted by molar-refractivity contribution is -0.137. The molecular formula is C16H14ClNO4. The number of benzene rings is 1. The highest BCUT2D eigenvalue weighted by molar-refractivity contribution is 6.31. The minimum absolute atomic E-state index is 0.222. The zero-order valence-corrected chi connectivity index (χ0v) is 11.7. The number of carboxylic acid groups (broad SMARTS) is 1. The molecule has 0 saturated heterocycles. The number of aliphatic hydroxyl groups excluding tert-OH is 1. The molecular weight excluding hydrogens is 306 g/mol. The van der Waals surface area contributed by atoms with Crippen LogP contribution in [0.5, 0.6) is 0 Å². The van der Waals surface area contributed by atoms with E-state index in [2.05, 4.69) is 4.99 Å². The van der Waals surface area contributed by atoms with Crippen LogP contribution >= 0.6 is 11.6 Å². The number of halogens is 1. The molecule has 0 bridgehead atoms. The van der Waals surface area contributed by atoms with Crippen LogP contribution in [0.4, 0.5) is 0 Å². The zero-order chi connectivity index (χ0) is 23.1. The highest BCUT2D eigenvalue weighted by Gasteiger charge is 2.19. The molecule has 1 aromatic rings. The Morgan fingerprint density at radius 3 is 2.95 bits per heavy atom. The molecule has 0 fully saturated rings. The summed E-state index contributed by atoms with van der Waals surface area (Å²) in [5.41, 5.74) is -2.02. The van der Waals surface area contributed by atoms with Gasteiger partial charge in [0.1, 0.15) is 11.5 Å². The van der Waals surface area contributed by atoms with Crippen LogP contribution < -0.4 is 0 Å². The van der Waals surface area contributed by atoms with Crippen LogP contribution in [0, 0.1) is 6.90 Å². The average molecular weight is 328 g/mol. The van der Waals surface area contributed by atoms with Crippen LogP contribution in [0.2, 0.25) is 5.02 Å². The van der Waals surface area contributed by atoms with Crippen LogP contribution in [0.25, 0.3) is 5.57 Å². The monoisotopic (exact) mass is 327 g/mol. The number of aliphatic imine (C=N–C) groups is 1. The van der Waals surface area contributed by atoms with E-state index in [-0.39, 0.29) is 11.1 Å². The van der Waals surface area contributed by atoms with Crippen LogP contribution in [-0.2, 0) is 9.59 Å². The van der Waals surface area contributed by atoms with Crippen molar-refractivity contribution in [3.8, 4) is 0 Å². The number of allylic oxidation sites excluding steroid dienone is 3. The van der Waals surface area contributed by atoms with Gasteiger partial charge in [-0.25, -0.2) is 4.99 Å². The Bertz CT molecular complexity index is 1060. The first-order valence-corrected chi connectivity index (χ1v) is 6.18. The number of rotatable bonds is 4. The molecule has 1 aliphatic heterocycles. The standard InChI is InChI=1S/C16H14ClNO4/c1-9-2-3-11(17)7-12(9)10-6-14(20)16(18-8-10)13(19)4-5-15(21)22/h2-3,6-8,19H,4-5H2,1H3,(H,21,22)/i1D,2D,3D,5D2,6D,7D,8D. The molecule has 0 spiro atoms. The smallest absolute Gasteiger partial charge is 0.303 e. The number of carbonyl (C=O) groups excluding carboxylic acids is 1. The Labute approximate surface area is 143 Å². The Morgan fingerprint density at radius 1 is 1.50 bits per heavy atom. The van der Waals surface area contributed by atoms with Crippen molar-refractivity contribution in [3.05, 3.63) is 51.8 Å². The first-order chi connectivity index (χ1) is 13.8. The van der Waals surface area contributed by atoms with Crippen molar-refractivity contribution in [3.63, 3.8) is 0 Å². The molecule has 0 radical (unpaired) electrons. The van der Waals surface area contributed by atoms with E-state index in [1.165, 1.54) is 0 Å². The molecule has 0 atom stereocenters. The van der Waals surface area contributed by atoms with Gasteiger partial charge in [-0.2, -0.15) is 0 Å². The zero-order valence-electron chi connectivity index (χ0n) is 19.0. The molecule has 0 unspecified atom stereocenters. The number of hydrogen-bond donors (Lipinski definition) is 2. The minimum Gasteiger partial charge on any atom is -0.510 e. The molecule has 0 amide bonds. The minimum atomic E-state index is -2.94. The normalized spacial score (nSPS) is 23.1. The van der Waals surface area contributed by atoms with Crippen molar-refractivity contribution in [2.45, 2.75) is 19.7 Å². The molecule has 0 saturated carbocycles. The van der Waals surface area contributed by atoms with Crippen molar-refractivity contribution in [2.75, 3.05) is 0 Å². The number of nitrogens with zero attached hydrogens (tertiary/aromatic N) is 1. The summed E-state index contributed by atoms with van der Waals surface area (Å²) in [6, 6.07) is -2.56. The number of carbonyl (C=O) groups is 2. The number of ketones is 1. The number of dihydropyridines is 1. The van der Waals surface area contributed by atoms with Gasteiger partial charge in [-0.15, -0.1) is 0 Å². The summed E-state index contributed by atoms with van der Waals surface area (Å²) >= 11 is 5.88. The van der Waals surface area contributed by atoms with E-state index in [4.69, 9.17) is 27.7 Å². The molecule has 22 heavy (non-hydrogen) atoms. The van der Waals surface area contributed by atoms with E-state index in [0.29, 0.717) is 0 Å². The molecule has 2 rings (SSSR count). The maximum absolute atomic E-state index is 12.6. The van der Waals surface area contributed by atoms with Gasteiger partial charge in [0.2, 0.25) is 5.78 Å². The fraction of sp³-hybridized carbons (Fsp3) is 0.188. The largest absolute Gasteiger partial charge is 0.510 e. The third-order valence-electron chi connectivity index (χ3n) is 2.52. The molecule has 114 valence electrons. The van der Waals surface area contributed by atoms with Crippen molar-refractivity contribution >= 4 is 35.1 Å². The quantitative estimate of drug-likeness (QED) is 0.656. The lowest BCUT2D eigenvalue weighted by Gasteiger charge is -2.12. The lowest BCUT2D eigenvalue weighted by Crippen LogP contribution is -2.09. The Hall–Kier alpha value is -2.40. The third kappa shape index (κ3) is 3.62. The summed E-state index contributed by atoms with van der Waals surface area (Å²) in [6.07, 6.45) is -4.89. The fourth-order valence-corrected chi connectivity index (χ4v) is 1.68. The topological polar surface area (TPSA) is 87.0 Å². The van der Waals surface area contributed by atoms with Crippen molar-refractivity contribution < 1.29 is 30.8 Å².